The highest BCUT2D eigenvalue weighted by Gasteiger charge is 2.15. The van der Waals surface area contributed by atoms with Crippen LogP contribution in [0.2, 0.25) is 0 Å². The molecule has 0 aliphatic rings. The van der Waals surface area contributed by atoms with Crippen molar-refractivity contribution in [2.24, 2.45) is 5.73 Å². The van der Waals surface area contributed by atoms with Crippen molar-refractivity contribution in [3.63, 3.8) is 0 Å². The van der Waals surface area contributed by atoms with Crippen LogP contribution in [-0.4, -0.2) is 17.6 Å². The summed E-state index contributed by atoms with van der Waals surface area (Å²) < 4.78 is 4.86. The zero-order chi connectivity index (χ0) is 13.0. The van der Waals surface area contributed by atoms with Gasteiger partial charge in [0.15, 0.2) is 0 Å². The minimum atomic E-state index is -0.295. The average Bonchev–Trinajstić information content (AvgIpc) is 2.83. The van der Waals surface area contributed by atoms with Crippen LogP contribution in [0.15, 0.2) is 41.1 Å². The second-order valence-electron chi connectivity index (χ2n) is 4.07. The van der Waals surface area contributed by atoms with Crippen molar-refractivity contribution in [1.29, 1.82) is 0 Å². The van der Waals surface area contributed by atoms with Crippen LogP contribution in [0.5, 0.6) is 0 Å². The number of aromatic nitrogens is 1. The molecular weight excluding hydrogens is 230 g/mol. The third-order valence-corrected chi connectivity index (χ3v) is 2.66. The molecule has 1 amide bonds. The fourth-order valence-corrected chi connectivity index (χ4v) is 1.61. The van der Waals surface area contributed by atoms with Gasteiger partial charge in [0, 0.05) is 18.2 Å². The van der Waals surface area contributed by atoms with E-state index in [-0.39, 0.29) is 17.7 Å². The Bertz CT molecular complexity index is 522. The lowest BCUT2D eigenvalue weighted by atomic mass is 10.1. The molecule has 5 nitrogen and oxygen atoms in total. The first-order valence-corrected chi connectivity index (χ1v) is 5.68. The van der Waals surface area contributed by atoms with Crippen LogP contribution in [0.4, 0.5) is 0 Å². The van der Waals surface area contributed by atoms with Crippen LogP contribution in [0.1, 0.15) is 27.7 Å². The number of nitrogens with two attached hydrogens (primary N) is 1. The summed E-state index contributed by atoms with van der Waals surface area (Å²) in [6.07, 6.45) is 1.51. The van der Waals surface area contributed by atoms with Crippen molar-refractivity contribution in [1.82, 2.24) is 10.5 Å². The van der Waals surface area contributed by atoms with Gasteiger partial charge in [0.1, 0.15) is 0 Å². The van der Waals surface area contributed by atoms with Crippen molar-refractivity contribution in [2.45, 2.75) is 13.0 Å². The van der Waals surface area contributed by atoms with Crippen molar-refractivity contribution >= 4 is 5.91 Å². The standard InChI is InChI=1S/C13H15N3O2/c1-9-7-16-18-12(9)13(17)15-8-11(14)10-5-3-2-4-6-10/h2-7,11H,8,14H2,1H3,(H,15,17). The van der Waals surface area contributed by atoms with Crippen LogP contribution in [0.25, 0.3) is 0 Å². The first kappa shape index (κ1) is 12.3. The van der Waals surface area contributed by atoms with Gasteiger partial charge < -0.3 is 15.6 Å². The first-order chi connectivity index (χ1) is 8.68. The van der Waals surface area contributed by atoms with Gasteiger partial charge in [-0.15, -0.1) is 0 Å². The Kier molecular flexibility index (Phi) is 3.74. The molecule has 0 radical (unpaired) electrons. The highest BCUT2D eigenvalue weighted by molar-refractivity contribution is 5.92. The summed E-state index contributed by atoms with van der Waals surface area (Å²) in [7, 11) is 0. The van der Waals surface area contributed by atoms with Gasteiger partial charge in [-0.1, -0.05) is 35.5 Å². The van der Waals surface area contributed by atoms with Crippen LogP contribution >= 0.6 is 0 Å². The molecule has 0 fully saturated rings. The third-order valence-electron chi connectivity index (χ3n) is 2.66. The van der Waals surface area contributed by atoms with Gasteiger partial charge in [0.05, 0.1) is 6.20 Å². The molecule has 0 saturated heterocycles. The van der Waals surface area contributed by atoms with Gasteiger partial charge in [-0.05, 0) is 12.5 Å². The summed E-state index contributed by atoms with van der Waals surface area (Å²) in [6.45, 7) is 2.12. The van der Waals surface area contributed by atoms with E-state index in [9.17, 15) is 4.79 Å². The summed E-state index contributed by atoms with van der Waals surface area (Å²) in [5.74, 6) is -0.0633. The van der Waals surface area contributed by atoms with E-state index < -0.39 is 0 Å². The SMILES string of the molecule is Cc1cnoc1C(=O)NCC(N)c1ccccc1. The van der Waals surface area contributed by atoms with Gasteiger partial charge in [0.25, 0.3) is 5.91 Å². The van der Waals surface area contributed by atoms with Crippen LogP contribution in [0, 0.1) is 6.92 Å². The fourth-order valence-electron chi connectivity index (χ4n) is 1.61. The van der Waals surface area contributed by atoms with Crippen LogP contribution in [0.3, 0.4) is 0 Å². The van der Waals surface area contributed by atoms with Gasteiger partial charge in [0.2, 0.25) is 5.76 Å². The molecule has 3 N–H and O–H groups in total. The van der Waals surface area contributed by atoms with Gasteiger partial charge >= 0.3 is 0 Å². The molecule has 2 aromatic rings. The zero-order valence-corrected chi connectivity index (χ0v) is 10.1. The van der Waals surface area contributed by atoms with Crippen LogP contribution < -0.4 is 11.1 Å². The molecule has 2 rings (SSSR count). The maximum absolute atomic E-state index is 11.8. The van der Waals surface area contributed by atoms with E-state index >= 15 is 0 Å². The number of aryl methyl sites for hydroxylation is 1. The quantitative estimate of drug-likeness (QED) is 0.853. The molecule has 0 aliphatic carbocycles. The molecule has 1 aromatic carbocycles. The molecule has 0 saturated carbocycles. The number of hydrogen-bond acceptors (Lipinski definition) is 4. The lowest BCUT2D eigenvalue weighted by Gasteiger charge is -2.12. The Morgan fingerprint density at radius 2 is 2.17 bits per heavy atom. The molecular formula is C13H15N3O2. The number of carbonyl (C=O) groups is 1. The number of nitrogens with zero attached hydrogens (tertiary/aromatic N) is 1. The number of amides is 1. The second-order valence-corrected chi connectivity index (χ2v) is 4.07. The highest BCUT2D eigenvalue weighted by Crippen LogP contribution is 2.09. The van der Waals surface area contributed by atoms with E-state index in [0.717, 1.165) is 5.56 Å². The number of hydrogen-bond donors (Lipinski definition) is 2. The third kappa shape index (κ3) is 2.75. The van der Waals surface area contributed by atoms with Gasteiger partial charge in [-0.25, -0.2) is 0 Å². The number of benzene rings is 1. The number of nitrogens with one attached hydrogen (secondary N) is 1. The van der Waals surface area contributed by atoms with Crippen molar-refractivity contribution < 1.29 is 9.32 Å². The average molecular weight is 245 g/mol. The van der Waals surface area contributed by atoms with Crippen molar-refractivity contribution in [3.8, 4) is 0 Å². The van der Waals surface area contributed by atoms with E-state index in [1.165, 1.54) is 6.20 Å². The summed E-state index contributed by atoms with van der Waals surface area (Å²) >= 11 is 0. The Morgan fingerprint density at radius 3 is 2.78 bits per heavy atom. The predicted octanol–water partition coefficient (Wildman–Crippen LogP) is 1.41. The molecule has 5 heteroatoms. The first-order valence-electron chi connectivity index (χ1n) is 5.68. The Morgan fingerprint density at radius 1 is 1.44 bits per heavy atom. The van der Waals surface area contributed by atoms with E-state index in [1.807, 2.05) is 30.3 Å². The largest absolute Gasteiger partial charge is 0.351 e. The highest BCUT2D eigenvalue weighted by atomic mass is 16.5. The summed E-state index contributed by atoms with van der Waals surface area (Å²) in [5, 5.41) is 6.29. The lowest BCUT2D eigenvalue weighted by molar-refractivity contribution is 0.0913. The van der Waals surface area contributed by atoms with E-state index in [0.29, 0.717) is 12.1 Å². The second kappa shape index (κ2) is 5.46. The number of rotatable bonds is 4. The lowest BCUT2D eigenvalue weighted by Crippen LogP contribution is -2.32. The van der Waals surface area contributed by atoms with Gasteiger partial charge in [-0.2, -0.15) is 0 Å². The Hall–Kier alpha value is -2.14. The normalized spacial score (nSPS) is 12.1. The molecule has 0 bridgehead atoms. The predicted molar refractivity (Wildman–Crippen MR) is 66.9 cm³/mol. The van der Waals surface area contributed by atoms with Gasteiger partial charge in [-0.3, -0.25) is 4.79 Å². The fraction of sp³-hybridized carbons (Fsp3) is 0.231. The van der Waals surface area contributed by atoms with E-state index in [1.54, 1.807) is 6.92 Å². The maximum atomic E-state index is 11.8. The number of carbonyl (C=O) groups excluding carboxylic acids is 1. The maximum Gasteiger partial charge on any atom is 0.290 e. The zero-order valence-electron chi connectivity index (χ0n) is 10.1. The molecule has 1 unspecified atom stereocenters. The molecule has 1 heterocycles. The monoisotopic (exact) mass is 245 g/mol. The topological polar surface area (TPSA) is 81.2 Å². The van der Waals surface area contributed by atoms with E-state index in [4.69, 9.17) is 10.3 Å². The Balaban J connectivity index is 1.93. The molecule has 94 valence electrons. The smallest absolute Gasteiger partial charge is 0.290 e. The molecule has 18 heavy (non-hydrogen) atoms. The Labute approximate surface area is 105 Å². The van der Waals surface area contributed by atoms with Crippen molar-refractivity contribution in [3.05, 3.63) is 53.4 Å². The van der Waals surface area contributed by atoms with Crippen LogP contribution in [-0.2, 0) is 0 Å². The summed E-state index contributed by atoms with van der Waals surface area (Å²) in [4.78, 5) is 11.8. The molecule has 1 aromatic heterocycles. The summed E-state index contributed by atoms with van der Waals surface area (Å²) in [6, 6.07) is 9.37. The molecule has 0 spiro atoms. The summed E-state index contributed by atoms with van der Waals surface area (Å²) in [5.41, 5.74) is 7.66. The van der Waals surface area contributed by atoms with Crippen molar-refractivity contribution in [2.75, 3.05) is 6.54 Å². The minimum absolute atomic E-state index is 0.232. The van der Waals surface area contributed by atoms with E-state index in [2.05, 4.69) is 10.5 Å². The molecule has 1 atom stereocenters. The molecule has 0 aliphatic heterocycles. The minimum Gasteiger partial charge on any atom is -0.351 e.